The number of carbonyl (C=O) groups is 1. The third-order valence-electron chi connectivity index (χ3n) is 5.19. The normalized spacial score (nSPS) is 14.9. The molecule has 9 nitrogen and oxygen atoms in total. The number of halogens is 4. The molecular weight excluding hydrogens is 527 g/mol. The summed E-state index contributed by atoms with van der Waals surface area (Å²) < 4.78 is 39.3. The minimum atomic E-state index is -4.64. The van der Waals surface area contributed by atoms with Crippen LogP contribution in [-0.4, -0.2) is 70.2 Å². The zero-order chi connectivity index (χ0) is 25.2. The topological polar surface area (TPSA) is 107 Å². The Morgan fingerprint density at radius 1 is 1.26 bits per heavy atom. The number of hydrogen-bond donors (Lipinski definition) is 3. The summed E-state index contributed by atoms with van der Waals surface area (Å²) in [5.74, 6) is 1.02. The number of aliphatic hydroxyl groups is 1. The molecule has 0 unspecified atom stereocenters. The van der Waals surface area contributed by atoms with E-state index in [2.05, 4.69) is 35.4 Å². The number of carbonyl (C=O) groups excluding carboxylic acids is 1. The van der Waals surface area contributed by atoms with E-state index >= 15 is 0 Å². The Kier molecular flexibility index (Phi) is 7.76. The predicted octanol–water partition coefficient (Wildman–Crippen LogP) is 4.09. The highest BCUT2D eigenvalue weighted by Gasteiger charge is 2.36. The lowest BCUT2D eigenvalue weighted by Crippen LogP contribution is -2.47. The molecule has 1 amide bonds. The van der Waals surface area contributed by atoms with Gasteiger partial charge in [-0.25, -0.2) is 15.0 Å². The van der Waals surface area contributed by atoms with Crippen LogP contribution in [-0.2, 0) is 6.18 Å². The molecule has 188 valence electrons. The van der Waals surface area contributed by atoms with Crippen LogP contribution in [0.2, 0.25) is 4.34 Å². The first-order valence-electron chi connectivity index (χ1n) is 10.5. The molecule has 3 N–H and O–H groups in total. The van der Waals surface area contributed by atoms with Gasteiger partial charge in [0, 0.05) is 44.2 Å². The number of amides is 1. The molecule has 0 aliphatic carbocycles. The lowest BCUT2D eigenvalue weighted by Gasteiger charge is -2.35. The van der Waals surface area contributed by atoms with Crippen molar-refractivity contribution < 1.29 is 23.1 Å². The Hall–Kier alpha value is -2.52. The van der Waals surface area contributed by atoms with E-state index in [-0.39, 0.29) is 15.8 Å². The van der Waals surface area contributed by atoms with Crippen molar-refractivity contribution in [2.24, 2.45) is 0 Å². The maximum Gasteiger partial charge on any atom is 0.419 e. The van der Waals surface area contributed by atoms with E-state index in [1.807, 2.05) is 0 Å². The summed E-state index contributed by atoms with van der Waals surface area (Å²) in [5.41, 5.74) is -1.46. The molecule has 1 aliphatic rings. The van der Waals surface area contributed by atoms with Crippen molar-refractivity contribution in [3.05, 3.63) is 38.2 Å². The highest BCUT2D eigenvalue weighted by Crippen LogP contribution is 2.43. The van der Waals surface area contributed by atoms with Crippen molar-refractivity contribution in [2.75, 3.05) is 54.9 Å². The molecule has 0 atom stereocenters. The third-order valence-corrected chi connectivity index (χ3v) is 7.32. The fraction of sp³-hybridized carbons (Fsp3) is 0.400. The minimum absolute atomic E-state index is 0.105. The largest absolute Gasteiger partial charge is 0.419 e. The van der Waals surface area contributed by atoms with E-state index in [0.29, 0.717) is 34.7 Å². The smallest absolute Gasteiger partial charge is 0.395 e. The quantitative estimate of drug-likeness (QED) is 0.406. The van der Waals surface area contributed by atoms with Crippen LogP contribution < -0.4 is 15.5 Å². The first-order valence-corrected chi connectivity index (χ1v) is 12.5. The Morgan fingerprint density at radius 2 is 2.00 bits per heavy atom. The average Bonchev–Trinajstić information content (AvgIpc) is 3.41. The molecule has 0 spiro atoms. The van der Waals surface area contributed by atoms with Gasteiger partial charge in [-0.1, -0.05) is 22.9 Å². The second kappa shape index (κ2) is 10.6. The van der Waals surface area contributed by atoms with Gasteiger partial charge >= 0.3 is 6.18 Å². The summed E-state index contributed by atoms with van der Waals surface area (Å²) in [6.07, 6.45) is -3.37. The molecular formula is C20H21ClF3N7O2S2. The second-order valence-electron chi connectivity index (χ2n) is 7.62. The number of thiazole rings is 1. The molecule has 1 aliphatic heterocycles. The number of hydrogen-bond acceptors (Lipinski definition) is 10. The number of alkyl halides is 3. The Bertz CT molecular complexity index is 1200. The molecule has 1 saturated heterocycles. The number of rotatable bonds is 7. The minimum Gasteiger partial charge on any atom is -0.395 e. The summed E-state index contributed by atoms with van der Waals surface area (Å²) in [7, 11) is 0. The van der Waals surface area contributed by atoms with Gasteiger partial charge in [-0.3, -0.25) is 9.69 Å². The maximum absolute atomic E-state index is 13.2. The van der Waals surface area contributed by atoms with Gasteiger partial charge in [-0.15, -0.1) is 11.3 Å². The Morgan fingerprint density at radius 3 is 2.69 bits per heavy atom. The van der Waals surface area contributed by atoms with Crippen LogP contribution in [0.4, 0.5) is 35.6 Å². The molecule has 0 bridgehead atoms. The van der Waals surface area contributed by atoms with E-state index in [1.165, 1.54) is 6.20 Å². The summed E-state index contributed by atoms with van der Waals surface area (Å²) >= 11 is 7.52. The van der Waals surface area contributed by atoms with Crippen molar-refractivity contribution in [3.63, 3.8) is 0 Å². The number of nitrogens with one attached hydrogen (secondary N) is 2. The van der Waals surface area contributed by atoms with Crippen LogP contribution in [0, 0.1) is 6.92 Å². The van der Waals surface area contributed by atoms with E-state index in [0.717, 1.165) is 48.7 Å². The zero-order valence-corrected chi connectivity index (χ0v) is 20.8. The number of anilines is 4. The van der Waals surface area contributed by atoms with Gasteiger partial charge in [-0.2, -0.15) is 13.2 Å². The van der Waals surface area contributed by atoms with E-state index < -0.39 is 23.3 Å². The third kappa shape index (κ3) is 6.19. The summed E-state index contributed by atoms with van der Waals surface area (Å²) in [6, 6.07) is 1.77. The first-order chi connectivity index (χ1) is 16.6. The van der Waals surface area contributed by atoms with Gasteiger partial charge in [0.15, 0.2) is 5.13 Å². The monoisotopic (exact) mass is 547 g/mol. The molecule has 4 heterocycles. The van der Waals surface area contributed by atoms with Gasteiger partial charge < -0.3 is 20.6 Å². The number of piperazine rings is 1. The number of nitrogens with zero attached hydrogens (tertiary/aromatic N) is 5. The van der Waals surface area contributed by atoms with E-state index in [4.69, 9.17) is 16.7 Å². The molecule has 4 rings (SSSR count). The summed E-state index contributed by atoms with van der Waals surface area (Å²) in [6.45, 7) is 5.65. The molecule has 0 saturated carbocycles. The number of thiophene rings is 1. The lowest BCUT2D eigenvalue weighted by molar-refractivity contribution is -0.136. The average molecular weight is 548 g/mol. The SMILES string of the molecule is Cc1nc(Nc2ncc(C(=O)Nc3c(C(F)(F)F)csc3Cl)s2)cc(N2CCN(CCO)CC2)n1. The van der Waals surface area contributed by atoms with Crippen LogP contribution in [0.5, 0.6) is 0 Å². The van der Waals surface area contributed by atoms with Gasteiger partial charge in [-0.05, 0) is 6.92 Å². The van der Waals surface area contributed by atoms with Crippen LogP contribution in [0.25, 0.3) is 0 Å². The molecule has 0 aromatic carbocycles. The number of aliphatic hydroxyl groups excluding tert-OH is 1. The second-order valence-corrected chi connectivity index (χ2v) is 10.1. The predicted molar refractivity (Wildman–Crippen MR) is 130 cm³/mol. The highest BCUT2D eigenvalue weighted by atomic mass is 35.5. The van der Waals surface area contributed by atoms with Crippen LogP contribution in [0.15, 0.2) is 17.6 Å². The van der Waals surface area contributed by atoms with Gasteiger partial charge in [0.25, 0.3) is 5.91 Å². The number of β-amino-alcohol motifs (C(OH)–C–C–N with tert-alkyl or cyclic N) is 1. The van der Waals surface area contributed by atoms with Crippen molar-refractivity contribution in [1.29, 1.82) is 0 Å². The van der Waals surface area contributed by atoms with Crippen LogP contribution in [0.1, 0.15) is 21.1 Å². The summed E-state index contributed by atoms with van der Waals surface area (Å²) in [4.78, 5) is 30.0. The van der Waals surface area contributed by atoms with Crippen molar-refractivity contribution >= 4 is 62.6 Å². The molecule has 0 radical (unpaired) electrons. The molecule has 3 aromatic rings. The fourth-order valence-electron chi connectivity index (χ4n) is 3.50. The molecule has 35 heavy (non-hydrogen) atoms. The molecule has 1 fully saturated rings. The van der Waals surface area contributed by atoms with Crippen molar-refractivity contribution in [2.45, 2.75) is 13.1 Å². The number of aryl methyl sites for hydroxylation is 1. The Labute approximate surface area is 211 Å². The van der Waals surface area contributed by atoms with E-state index in [1.54, 1.807) is 13.0 Å². The van der Waals surface area contributed by atoms with Crippen molar-refractivity contribution in [3.8, 4) is 0 Å². The van der Waals surface area contributed by atoms with Crippen molar-refractivity contribution in [1.82, 2.24) is 19.9 Å². The molecule has 3 aromatic heterocycles. The van der Waals surface area contributed by atoms with Gasteiger partial charge in [0.05, 0.1) is 24.1 Å². The standard InChI is InChI=1S/C20H21ClF3N7O2S2/c1-11-26-14(8-15(27-11)31-4-2-30(3-5-31)6-7-32)28-19-25-9-13(35-19)18(33)29-16-12(20(22,23)24)10-34-17(16)21/h8-10,32H,2-7H2,1H3,(H,29,33)(H,25,26,27,28). The summed E-state index contributed by atoms with van der Waals surface area (Å²) in [5, 5.41) is 15.6. The van der Waals surface area contributed by atoms with Crippen LogP contribution >= 0.6 is 34.3 Å². The van der Waals surface area contributed by atoms with E-state index in [9.17, 15) is 18.0 Å². The molecule has 15 heteroatoms. The lowest BCUT2D eigenvalue weighted by atomic mass is 10.3. The fourth-order valence-corrected chi connectivity index (χ4v) is 5.25. The highest BCUT2D eigenvalue weighted by molar-refractivity contribution is 7.17. The zero-order valence-electron chi connectivity index (χ0n) is 18.4. The van der Waals surface area contributed by atoms with Gasteiger partial charge in [0.2, 0.25) is 0 Å². The van der Waals surface area contributed by atoms with Crippen LogP contribution in [0.3, 0.4) is 0 Å². The maximum atomic E-state index is 13.2. The number of aromatic nitrogens is 3. The van der Waals surface area contributed by atoms with Gasteiger partial charge in [0.1, 0.15) is 26.7 Å². The Balaban J connectivity index is 1.44. The first kappa shape index (κ1) is 25.6.